The summed E-state index contributed by atoms with van der Waals surface area (Å²) in [6.07, 6.45) is 1.99. The summed E-state index contributed by atoms with van der Waals surface area (Å²) in [7, 11) is 0. The smallest absolute Gasteiger partial charge is 0.122 e. The highest BCUT2D eigenvalue weighted by molar-refractivity contribution is 5.35. The molecule has 0 bridgehead atoms. The third-order valence-electron chi connectivity index (χ3n) is 3.97. The van der Waals surface area contributed by atoms with Crippen LogP contribution < -0.4 is 10.1 Å². The molecule has 0 saturated carbocycles. The van der Waals surface area contributed by atoms with Crippen molar-refractivity contribution in [2.45, 2.75) is 51.9 Å². The van der Waals surface area contributed by atoms with Crippen LogP contribution in [0.1, 0.15) is 30.9 Å². The van der Waals surface area contributed by atoms with Crippen LogP contribution in [0.5, 0.6) is 5.75 Å². The number of nitrogens with one attached hydrogen (secondary N) is 1. The Hall–Kier alpha value is -1.10. The first-order valence-corrected chi connectivity index (χ1v) is 7.79. The van der Waals surface area contributed by atoms with E-state index in [4.69, 9.17) is 9.47 Å². The lowest BCUT2D eigenvalue weighted by Crippen LogP contribution is -2.42. The Morgan fingerprint density at radius 3 is 2.95 bits per heavy atom. The van der Waals surface area contributed by atoms with Gasteiger partial charge in [0, 0.05) is 19.2 Å². The zero-order valence-corrected chi connectivity index (χ0v) is 13.3. The first-order valence-electron chi connectivity index (χ1n) is 7.79. The van der Waals surface area contributed by atoms with E-state index in [9.17, 15) is 5.11 Å². The van der Waals surface area contributed by atoms with E-state index in [-0.39, 0.29) is 12.1 Å². The molecule has 2 rings (SSSR count). The SMILES string of the molecule is Cc1ccc(C)c(OCC(O)CNC(C)C2CCCO2)c1. The summed E-state index contributed by atoms with van der Waals surface area (Å²) in [6.45, 7) is 7.83. The molecule has 1 aromatic rings. The van der Waals surface area contributed by atoms with Gasteiger partial charge in [0.25, 0.3) is 0 Å². The zero-order valence-electron chi connectivity index (χ0n) is 13.3. The minimum Gasteiger partial charge on any atom is -0.491 e. The molecule has 1 heterocycles. The van der Waals surface area contributed by atoms with Crippen LogP contribution in [0.4, 0.5) is 0 Å². The van der Waals surface area contributed by atoms with Crippen LogP contribution in [0.25, 0.3) is 0 Å². The molecule has 0 aromatic heterocycles. The molecule has 0 radical (unpaired) electrons. The van der Waals surface area contributed by atoms with Gasteiger partial charge in [0.15, 0.2) is 0 Å². The molecular formula is C17H27NO3. The molecule has 0 spiro atoms. The first kappa shape index (κ1) is 16.3. The Morgan fingerprint density at radius 1 is 1.43 bits per heavy atom. The van der Waals surface area contributed by atoms with E-state index < -0.39 is 6.10 Å². The Labute approximate surface area is 127 Å². The van der Waals surface area contributed by atoms with E-state index in [1.54, 1.807) is 0 Å². The van der Waals surface area contributed by atoms with Gasteiger partial charge in [0.2, 0.25) is 0 Å². The Bertz CT molecular complexity index is 444. The van der Waals surface area contributed by atoms with Crippen molar-refractivity contribution in [2.24, 2.45) is 0 Å². The Morgan fingerprint density at radius 2 is 2.24 bits per heavy atom. The monoisotopic (exact) mass is 293 g/mol. The summed E-state index contributed by atoms with van der Waals surface area (Å²) in [5.74, 6) is 0.848. The third kappa shape index (κ3) is 4.99. The molecule has 4 nitrogen and oxygen atoms in total. The maximum absolute atomic E-state index is 10.0. The maximum Gasteiger partial charge on any atom is 0.122 e. The summed E-state index contributed by atoms with van der Waals surface area (Å²) in [5, 5.41) is 13.4. The van der Waals surface area contributed by atoms with Crippen molar-refractivity contribution in [1.29, 1.82) is 0 Å². The molecule has 0 amide bonds. The van der Waals surface area contributed by atoms with Crippen LogP contribution in [0, 0.1) is 13.8 Å². The summed E-state index contributed by atoms with van der Waals surface area (Å²) in [4.78, 5) is 0. The lowest BCUT2D eigenvalue weighted by molar-refractivity contribution is 0.0674. The Kier molecular flexibility index (Phi) is 6.03. The number of hydrogen-bond donors (Lipinski definition) is 2. The van der Waals surface area contributed by atoms with Crippen LogP contribution in [0.15, 0.2) is 18.2 Å². The molecule has 118 valence electrons. The predicted octanol–water partition coefficient (Wildman–Crippen LogP) is 2.20. The molecule has 1 aliphatic rings. The number of aliphatic hydroxyl groups excluding tert-OH is 1. The van der Waals surface area contributed by atoms with Gasteiger partial charge in [0.1, 0.15) is 18.5 Å². The molecule has 0 aliphatic carbocycles. The van der Waals surface area contributed by atoms with E-state index in [1.807, 2.05) is 26.0 Å². The molecule has 3 atom stereocenters. The van der Waals surface area contributed by atoms with Crippen LogP contribution in [-0.4, -0.2) is 43.1 Å². The van der Waals surface area contributed by atoms with Gasteiger partial charge in [-0.25, -0.2) is 0 Å². The van der Waals surface area contributed by atoms with Gasteiger partial charge in [-0.3, -0.25) is 0 Å². The largest absolute Gasteiger partial charge is 0.491 e. The van der Waals surface area contributed by atoms with Gasteiger partial charge >= 0.3 is 0 Å². The second kappa shape index (κ2) is 7.78. The van der Waals surface area contributed by atoms with Crippen molar-refractivity contribution in [3.63, 3.8) is 0 Å². The van der Waals surface area contributed by atoms with Gasteiger partial charge in [-0.1, -0.05) is 12.1 Å². The van der Waals surface area contributed by atoms with Crippen LogP contribution in [0.3, 0.4) is 0 Å². The molecule has 3 unspecified atom stereocenters. The van der Waals surface area contributed by atoms with E-state index in [0.29, 0.717) is 13.2 Å². The minimum absolute atomic E-state index is 0.267. The van der Waals surface area contributed by atoms with Crippen molar-refractivity contribution < 1.29 is 14.6 Å². The van der Waals surface area contributed by atoms with Crippen LogP contribution in [-0.2, 0) is 4.74 Å². The average molecular weight is 293 g/mol. The van der Waals surface area contributed by atoms with E-state index in [0.717, 1.165) is 36.3 Å². The first-order chi connectivity index (χ1) is 10.1. The second-order valence-corrected chi connectivity index (χ2v) is 5.98. The summed E-state index contributed by atoms with van der Waals surface area (Å²) in [5.41, 5.74) is 2.25. The van der Waals surface area contributed by atoms with Crippen molar-refractivity contribution in [3.05, 3.63) is 29.3 Å². The van der Waals surface area contributed by atoms with Crippen molar-refractivity contribution in [1.82, 2.24) is 5.32 Å². The molecular weight excluding hydrogens is 266 g/mol. The number of benzene rings is 1. The highest BCUT2D eigenvalue weighted by Gasteiger charge is 2.22. The van der Waals surface area contributed by atoms with Gasteiger partial charge in [-0.2, -0.15) is 0 Å². The molecule has 4 heteroatoms. The number of rotatable bonds is 7. The number of aryl methyl sites for hydroxylation is 2. The Balaban J connectivity index is 1.71. The quantitative estimate of drug-likeness (QED) is 0.809. The number of ether oxygens (including phenoxy) is 2. The van der Waals surface area contributed by atoms with E-state index in [2.05, 4.69) is 18.3 Å². The fraction of sp³-hybridized carbons (Fsp3) is 0.647. The zero-order chi connectivity index (χ0) is 15.2. The van der Waals surface area contributed by atoms with Gasteiger partial charge in [-0.05, 0) is 50.8 Å². The molecule has 21 heavy (non-hydrogen) atoms. The van der Waals surface area contributed by atoms with Crippen molar-refractivity contribution in [2.75, 3.05) is 19.8 Å². The van der Waals surface area contributed by atoms with E-state index in [1.165, 1.54) is 0 Å². The summed E-state index contributed by atoms with van der Waals surface area (Å²) < 4.78 is 11.3. The number of hydrogen-bond acceptors (Lipinski definition) is 4. The third-order valence-corrected chi connectivity index (χ3v) is 3.97. The van der Waals surface area contributed by atoms with Crippen LogP contribution >= 0.6 is 0 Å². The van der Waals surface area contributed by atoms with Gasteiger partial charge in [0.05, 0.1) is 6.10 Å². The fourth-order valence-corrected chi connectivity index (χ4v) is 2.56. The maximum atomic E-state index is 10.0. The highest BCUT2D eigenvalue weighted by atomic mass is 16.5. The second-order valence-electron chi connectivity index (χ2n) is 5.98. The van der Waals surface area contributed by atoms with Crippen molar-refractivity contribution >= 4 is 0 Å². The standard InChI is InChI=1S/C17H27NO3/c1-12-6-7-13(2)17(9-12)21-11-15(19)10-18-14(3)16-5-4-8-20-16/h6-7,9,14-16,18-19H,4-5,8,10-11H2,1-3H3. The lowest BCUT2D eigenvalue weighted by atomic mass is 10.1. The van der Waals surface area contributed by atoms with Crippen molar-refractivity contribution in [3.8, 4) is 5.75 Å². The van der Waals surface area contributed by atoms with Crippen LogP contribution in [0.2, 0.25) is 0 Å². The van der Waals surface area contributed by atoms with E-state index >= 15 is 0 Å². The topological polar surface area (TPSA) is 50.7 Å². The summed E-state index contributed by atoms with van der Waals surface area (Å²) >= 11 is 0. The predicted molar refractivity (Wildman–Crippen MR) is 83.9 cm³/mol. The molecule has 1 fully saturated rings. The molecule has 1 aromatic carbocycles. The minimum atomic E-state index is -0.520. The van der Waals surface area contributed by atoms with Gasteiger partial charge in [-0.15, -0.1) is 0 Å². The lowest BCUT2D eigenvalue weighted by Gasteiger charge is -2.22. The highest BCUT2D eigenvalue weighted by Crippen LogP contribution is 2.19. The fourth-order valence-electron chi connectivity index (χ4n) is 2.56. The normalized spacial score (nSPS) is 21.2. The molecule has 1 saturated heterocycles. The summed E-state index contributed by atoms with van der Waals surface area (Å²) in [6, 6.07) is 6.37. The average Bonchev–Trinajstić information content (AvgIpc) is 3.00. The van der Waals surface area contributed by atoms with Gasteiger partial charge < -0.3 is 19.9 Å². The molecule has 2 N–H and O–H groups in total. The molecule has 1 aliphatic heterocycles. The number of aliphatic hydroxyl groups is 1.